The van der Waals surface area contributed by atoms with Crippen LogP contribution in [0.1, 0.15) is 56.4 Å². The third kappa shape index (κ3) is 4.83. The standard InChI is InChI=1S/C21H31N3OS/c1-24(2)21(14-7-3-4-8-15-21)16-22-19(25)12-9-13-20-23-17-10-5-6-11-18(17)26-20/h5-6,10-11H,3-4,7-9,12-16H2,1-2H3,(H,22,25). The van der Waals surface area contributed by atoms with Gasteiger partial charge in [0.05, 0.1) is 15.2 Å². The van der Waals surface area contributed by atoms with Crippen molar-refractivity contribution >= 4 is 27.5 Å². The molecule has 0 atom stereocenters. The van der Waals surface area contributed by atoms with E-state index < -0.39 is 0 Å². The van der Waals surface area contributed by atoms with Crippen molar-refractivity contribution in [1.29, 1.82) is 0 Å². The summed E-state index contributed by atoms with van der Waals surface area (Å²) in [4.78, 5) is 19.3. The Labute approximate surface area is 161 Å². The number of fused-ring (bicyclic) bond motifs is 1. The van der Waals surface area contributed by atoms with Crippen molar-refractivity contribution in [3.63, 3.8) is 0 Å². The molecular formula is C21H31N3OS. The smallest absolute Gasteiger partial charge is 0.220 e. The number of carbonyl (C=O) groups is 1. The lowest BCUT2D eigenvalue weighted by atomic mass is 9.88. The predicted octanol–water partition coefficient (Wildman–Crippen LogP) is 4.39. The van der Waals surface area contributed by atoms with E-state index in [9.17, 15) is 4.79 Å². The second-order valence-electron chi connectivity index (χ2n) is 7.74. The van der Waals surface area contributed by atoms with Gasteiger partial charge in [-0.2, -0.15) is 0 Å². The second-order valence-corrected chi connectivity index (χ2v) is 8.85. The molecule has 0 radical (unpaired) electrons. The lowest BCUT2D eigenvalue weighted by Crippen LogP contribution is -2.52. The highest BCUT2D eigenvalue weighted by Crippen LogP contribution is 2.30. The molecule has 1 aliphatic rings. The van der Waals surface area contributed by atoms with Gasteiger partial charge >= 0.3 is 0 Å². The van der Waals surface area contributed by atoms with Crippen LogP contribution in [0.4, 0.5) is 0 Å². The number of benzene rings is 1. The first-order valence-corrected chi connectivity index (χ1v) is 10.7. The van der Waals surface area contributed by atoms with Gasteiger partial charge in [0, 0.05) is 18.5 Å². The molecule has 1 fully saturated rings. The second kappa shape index (κ2) is 8.96. The molecular weight excluding hydrogens is 342 g/mol. The average molecular weight is 374 g/mol. The van der Waals surface area contributed by atoms with Gasteiger partial charge in [0.25, 0.3) is 0 Å². The van der Waals surface area contributed by atoms with E-state index >= 15 is 0 Å². The number of likely N-dealkylation sites (N-methyl/N-ethyl adjacent to an activating group) is 1. The molecule has 3 rings (SSSR count). The summed E-state index contributed by atoms with van der Waals surface area (Å²) in [6.45, 7) is 0.778. The van der Waals surface area contributed by atoms with Crippen LogP contribution in [0.5, 0.6) is 0 Å². The lowest BCUT2D eigenvalue weighted by molar-refractivity contribution is -0.121. The van der Waals surface area contributed by atoms with Crippen molar-refractivity contribution in [2.75, 3.05) is 20.6 Å². The fourth-order valence-electron chi connectivity index (χ4n) is 3.95. The van der Waals surface area contributed by atoms with Crippen molar-refractivity contribution < 1.29 is 4.79 Å². The van der Waals surface area contributed by atoms with E-state index in [1.165, 1.54) is 43.2 Å². The van der Waals surface area contributed by atoms with Crippen LogP contribution in [-0.4, -0.2) is 42.0 Å². The molecule has 2 aromatic rings. The minimum atomic E-state index is 0.138. The summed E-state index contributed by atoms with van der Waals surface area (Å²) in [6, 6.07) is 8.23. The SMILES string of the molecule is CN(C)C1(CNC(=O)CCCc2nc3ccccc3s2)CCCCCC1. The molecule has 0 spiro atoms. The first-order chi connectivity index (χ1) is 12.6. The van der Waals surface area contributed by atoms with Gasteiger partial charge in [-0.3, -0.25) is 4.79 Å². The Morgan fingerprint density at radius 1 is 1.19 bits per heavy atom. The Hall–Kier alpha value is -1.46. The molecule has 1 aromatic carbocycles. The summed E-state index contributed by atoms with van der Waals surface area (Å²) >= 11 is 1.74. The van der Waals surface area contributed by atoms with Crippen molar-refractivity contribution in [1.82, 2.24) is 15.2 Å². The molecule has 5 heteroatoms. The summed E-state index contributed by atoms with van der Waals surface area (Å²) in [5.74, 6) is 0.177. The Kier molecular flexibility index (Phi) is 6.65. The predicted molar refractivity (Wildman–Crippen MR) is 110 cm³/mol. The number of aromatic nitrogens is 1. The minimum Gasteiger partial charge on any atom is -0.354 e. The molecule has 0 aliphatic heterocycles. The minimum absolute atomic E-state index is 0.138. The summed E-state index contributed by atoms with van der Waals surface area (Å²) in [6.07, 6.45) is 9.89. The molecule has 1 saturated carbocycles. The maximum Gasteiger partial charge on any atom is 0.220 e. The number of amides is 1. The van der Waals surface area contributed by atoms with Crippen molar-refractivity contribution in [2.45, 2.75) is 63.3 Å². The highest BCUT2D eigenvalue weighted by molar-refractivity contribution is 7.18. The fourth-order valence-corrected chi connectivity index (χ4v) is 4.96. The van der Waals surface area contributed by atoms with Gasteiger partial charge in [0.1, 0.15) is 0 Å². The number of thiazole rings is 1. The van der Waals surface area contributed by atoms with Crippen LogP contribution >= 0.6 is 11.3 Å². The summed E-state index contributed by atoms with van der Waals surface area (Å²) < 4.78 is 1.23. The zero-order valence-electron chi connectivity index (χ0n) is 16.1. The average Bonchev–Trinajstić information content (AvgIpc) is 2.88. The topological polar surface area (TPSA) is 45.2 Å². The van der Waals surface area contributed by atoms with Crippen molar-refractivity contribution in [3.05, 3.63) is 29.3 Å². The number of para-hydroxylation sites is 1. The van der Waals surface area contributed by atoms with Crippen LogP contribution in [0, 0.1) is 0 Å². The van der Waals surface area contributed by atoms with Gasteiger partial charge < -0.3 is 10.2 Å². The molecule has 1 heterocycles. The number of aryl methyl sites for hydroxylation is 1. The molecule has 0 bridgehead atoms. The summed E-state index contributed by atoms with van der Waals surface area (Å²) in [5, 5.41) is 4.35. The van der Waals surface area contributed by atoms with E-state index in [2.05, 4.69) is 41.4 Å². The van der Waals surface area contributed by atoms with E-state index in [0.29, 0.717) is 6.42 Å². The van der Waals surface area contributed by atoms with Gasteiger partial charge in [-0.1, -0.05) is 37.8 Å². The summed E-state index contributed by atoms with van der Waals surface area (Å²) in [5.41, 5.74) is 1.21. The zero-order chi connectivity index (χ0) is 18.4. The largest absolute Gasteiger partial charge is 0.354 e. The maximum atomic E-state index is 12.4. The Morgan fingerprint density at radius 2 is 1.92 bits per heavy atom. The quantitative estimate of drug-likeness (QED) is 0.732. The molecule has 0 unspecified atom stereocenters. The Morgan fingerprint density at radius 3 is 2.62 bits per heavy atom. The molecule has 4 nitrogen and oxygen atoms in total. The normalized spacial score (nSPS) is 17.3. The first kappa shape index (κ1) is 19.3. The molecule has 0 saturated heterocycles. The highest BCUT2D eigenvalue weighted by atomic mass is 32.1. The van der Waals surface area contributed by atoms with Crippen LogP contribution in [0.2, 0.25) is 0 Å². The lowest BCUT2D eigenvalue weighted by Gasteiger charge is -2.39. The summed E-state index contributed by atoms with van der Waals surface area (Å²) in [7, 11) is 4.31. The van der Waals surface area contributed by atoms with Crippen LogP contribution < -0.4 is 5.32 Å². The number of nitrogens with zero attached hydrogens (tertiary/aromatic N) is 2. The fraction of sp³-hybridized carbons (Fsp3) is 0.619. The van der Waals surface area contributed by atoms with Crippen LogP contribution in [0.3, 0.4) is 0 Å². The van der Waals surface area contributed by atoms with Crippen molar-refractivity contribution in [2.24, 2.45) is 0 Å². The highest BCUT2D eigenvalue weighted by Gasteiger charge is 2.33. The third-order valence-electron chi connectivity index (χ3n) is 5.73. The van der Waals surface area contributed by atoms with E-state index in [-0.39, 0.29) is 11.4 Å². The van der Waals surface area contributed by atoms with Gasteiger partial charge in [0.2, 0.25) is 5.91 Å². The molecule has 1 amide bonds. The number of carbonyl (C=O) groups excluding carboxylic acids is 1. The van der Waals surface area contributed by atoms with E-state index in [1.54, 1.807) is 11.3 Å². The first-order valence-electron chi connectivity index (χ1n) is 9.88. The van der Waals surface area contributed by atoms with Crippen LogP contribution in [0.15, 0.2) is 24.3 Å². The van der Waals surface area contributed by atoms with Crippen molar-refractivity contribution in [3.8, 4) is 0 Å². The van der Waals surface area contributed by atoms with Gasteiger partial charge in [-0.25, -0.2) is 4.98 Å². The third-order valence-corrected chi connectivity index (χ3v) is 6.83. The molecule has 1 aliphatic carbocycles. The number of hydrogen-bond donors (Lipinski definition) is 1. The molecule has 142 valence electrons. The number of nitrogens with one attached hydrogen (secondary N) is 1. The molecule has 1 aromatic heterocycles. The van der Waals surface area contributed by atoms with E-state index in [1.807, 2.05) is 12.1 Å². The number of rotatable bonds is 7. The Balaban J connectivity index is 1.45. The molecule has 1 N–H and O–H groups in total. The zero-order valence-corrected chi connectivity index (χ0v) is 16.9. The number of hydrogen-bond acceptors (Lipinski definition) is 4. The van der Waals surface area contributed by atoms with Gasteiger partial charge in [0.15, 0.2) is 0 Å². The van der Waals surface area contributed by atoms with E-state index in [0.717, 1.165) is 29.9 Å². The molecule has 26 heavy (non-hydrogen) atoms. The maximum absolute atomic E-state index is 12.4. The van der Waals surface area contributed by atoms with E-state index in [4.69, 9.17) is 0 Å². The van der Waals surface area contributed by atoms with Crippen LogP contribution in [0.25, 0.3) is 10.2 Å². The van der Waals surface area contributed by atoms with Gasteiger partial charge in [-0.15, -0.1) is 11.3 Å². The monoisotopic (exact) mass is 373 g/mol. The van der Waals surface area contributed by atoms with Gasteiger partial charge in [-0.05, 0) is 51.9 Å². The Bertz CT molecular complexity index is 684. The van der Waals surface area contributed by atoms with Crippen LogP contribution in [-0.2, 0) is 11.2 Å².